The van der Waals surface area contributed by atoms with Crippen molar-refractivity contribution in [2.24, 2.45) is 0 Å². The van der Waals surface area contributed by atoms with Crippen LogP contribution in [0.2, 0.25) is 0 Å². The minimum absolute atomic E-state index is 0.232. The topological polar surface area (TPSA) is 307 Å². The van der Waals surface area contributed by atoms with Crippen molar-refractivity contribution in [2.75, 3.05) is 26.4 Å². The Hall–Kier alpha value is -3.81. The van der Waals surface area contributed by atoms with Gasteiger partial charge in [-0.15, -0.1) is 0 Å². The van der Waals surface area contributed by atoms with Gasteiger partial charge in [-0.1, -0.05) is 245 Å². The molecule has 19 nitrogen and oxygen atoms in total. The molecule has 0 aromatic heterocycles. The first-order chi connectivity index (χ1) is 46.3. The molecule has 19 heteroatoms. The fourth-order valence-electron chi connectivity index (χ4n) is 11.4. The van der Waals surface area contributed by atoms with Gasteiger partial charge in [0.2, 0.25) is 5.91 Å². The summed E-state index contributed by atoms with van der Waals surface area (Å²) in [6.45, 7) is 1.57. The minimum atomic E-state index is -1.98. The van der Waals surface area contributed by atoms with E-state index in [0.29, 0.717) is 6.42 Å². The number of aliphatic hydroxyl groups excluding tert-OH is 11. The van der Waals surface area contributed by atoms with Crippen LogP contribution in [0, 0.1) is 0 Å². The Kier molecular flexibility index (Phi) is 50.3. The Balaban J connectivity index is 1.32. The second kappa shape index (κ2) is 56.0. The summed E-state index contributed by atoms with van der Waals surface area (Å²) in [5, 5.41) is 120. The van der Waals surface area contributed by atoms with Gasteiger partial charge in [-0.3, -0.25) is 4.79 Å². The van der Waals surface area contributed by atoms with Crippen LogP contribution in [0.3, 0.4) is 0 Å². The normalized spacial score (nSPS) is 27.9. The molecular weight excluding hydrogens is 1210 g/mol. The lowest BCUT2D eigenvalue weighted by atomic mass is 9.96. The third-order valence-corrected chi connectivity index (χ3v) is 17.3. The van der Waals surface area contributed by atoms with Crippen LogP contribution >= 0.6 is 0 Å². The maximum atomic E-state index is 13.4. The summed E-state index contributed by atoms with van der Waals surface area (Å²) < 4.78 is 34.3. The third kappa shape index (κ3) is 37.3. The molecule has 17 atom stereocenters. The van der Waals surface area contributed by atoms with Gasteiger partial charge in [0, 0.05) is 6.42 Å². The summed E-state index contributed by atoms with van der Waals surface area (Å²) in [7, 11) is 0. The molecule has 3 aliphatic heterocycles. The highest BCUT2D eigenvalue weighted by atomic mass is 16.8. The zero-order chi connectivity index (χ0) is 68.9. The summed E-state index contributed by atoms with van der Waals surface area (Å²) in [6, 6.07) is -0.981. The summed E-state index contributed by atoms with van der Waals surface area (Å²) in [5.41, 5.74) is 0. The predicted molar refractivity (Wildman–Crippen MR) is 373 cm³/mol. The van der Waals surface area contributed by atoms with Crippen molar-refractivity contribution < 1.29 is 89.4 Å². The SMILES string of the molecule is CC/C=C\C/C=C\C/C=C\C/C=C\C/C=C\C/C=C\C/C=C\C/C=C\C/C=C\CCCCCCCCCCCCCC(=O)NC(COC1OC(CO)C(OC2OC(CO)C(OC3OC(CO)C(O)C(O)C3O)C(O)C2O)C(O)C1O)C(O)/C=C/CCCCCCCCCCC. The van der Waals surface area contributed by atoms with E-state index in [0.717, 1.165) is 116 Å². The molecule has 0 spiro atoms. The molecule has 0 aromatic rings. The molecule has 0 saturated carbocycles. The van der Waals surface area contributed by atoms with Crippen molar-refractivity contribution in [3.8, 4) is 0 Å². The lowest BCUT2D eigenvalue weighted by Gasteiger charge is -2.48. The Morgan fingerprint density at radius 1 is 0.389 bits per heavy atom. The molecule has 12 N–H and O–H groups in total. The molecule has 17 unspecified atom stereocenters. The molecule has 0 aromatic carbocycles. The summed E-state index contributed by atoms with van der Waals surface area (Å²) in [5.74, 6) is -0.285. The maximum absolute atomic E-state index is 13.4. The number of hydrogen-bond acceptors (Lipinski definition) is 18. The number of amides is 1. The average molecular weight is 1340 g/mol. The lowest BCUT2D eigenvalue weighted by molar-refractivity contribution is -0.379. The Morgan fingerprint density at radius 3 is 1.14 bits per heavy atom. The molecule has 3 rings (SSSR count). The van der Waals surface area contributed by atoms with Gasteiger partial charge >= 0.3 is 0 Å². The molecule has 3 aliphatic rings. The first-order valence-corrected chi connectivity index (χ1v) is 36.3. The number of allylic oxidation sites excluding steroid dienone is 19. The van der Waals surface area contributed by atoms with E-state index < -0.39 is 124 Å². The van der Waals surface area contributed by atoms with Crippen molar-refractivity contribution in [3.63, 3.8) is 0 Å². The van der Waals surface area contributed by atoms with Gasteiger partial charge in [0.1, 0.15) is 73.2 Å². The van der Waals surface area contributed by atoms with Gasteiger partial charge in [0.15, 0.2) is 18.9 Å². The van der Waals surface area contributed by atoms with Crippen LogP contribution in [0.5, 0.6) is 0 Å². The monoisotopic (exact) mass is 1340 g/mol. The van der Waals surface area contributed by atoms with Gasteiger partial charge < -0.3 is 89.9 Å². The van der Waals surface area contributed by atoms with Crippen molar-refractivity contribution in [1.82, 2.24) is 5.32 Å². The van der Waals surface area contributed by atoms with E-state index in [-0.39, 0.29) is 18.9 Å². The average Bonchev–Trinajstić information content (AvgIpc) is 0.787. The Bertz CT molecular complexity index is 2190. The molecule has 95 heavy (non-hydrogen) atoms. The van der Waals surface area contributed by atoms with Crippen LogP contribution in [-0.4, -0.2) is 193 Å². The highest BCUT2D eigenvalue weighted by molar-refractivity contribution is 5.76. The van der Waals surface area contributed by atoms with E-state index in [1.165, 1.54) is 77.0 Å². The molecule has 0 radical (unpaired) electrons. The van der Waals surface area contributed by atoms with Gasteiger partial charge in [-0.25, -0.2) is 0 Å². The van der Waals surface area contributed by atoms with Crippen LogP contribution in [0.1, 0.15) is 219 Å². The van der Waals surface area contributed by atoms with Gasteiger partial charge in [-0.2, -0.15) is 0 Å². The second-order valence-electron chi connectivity index (χ2n) is 25.3. The zero-order valence-electron chi connectivity index (χ0n) is 57.6. The maximum Gasteiger partial charge on any atom is 0.220 e. The van der Waals surface area contributed by atoms with Crippen LogP contribution < -0.4 is 5.32 Å². The van der Waals surface area contributed by atoms with Crippen LogP contribution in [-0.2, 0) is 33.2 Å². The lowest BCUT2D eigenvalue weighted by Crippen LogP contribution is -2.66. The fraction of sp³-hybridized carbons (Fsp3) is 0.724. The second-order valence-corrected chi connectivity index (χ2v) is 25.3. The van der Waals surface area contributed by atoms with E-state index in [2.05, 4.69) is 129 Å². The predicted octanol–water partition coefficient (Wildman–Crippen LogP) is 10.4. The van der Waals surface area contributed by atoms with Crippen LogP contribution in [0.15, 0.2) is 122 Å². The van der Waals surface area contributed by atoms with E-state index >= 15 is 0 Å². The van der Waals surface area contributed by atoms with E-state index in [9.17, 15) is 61.0 Å². The highest BCUT2D eigenvalue weighted by Crippen LogP contribution is 2.33. The molecule has 544 valence electrons. The van der Waals surface area contributed by atoms with E-state index in [4.69, 9.17) is 28.4 Å². The number of rotatable bonds is 54. The number of carbonyl (C=O) groups is 1. The van der Waals surface area contributed by atoms with Crippen molar-refractivity contribution in [3.05, 3.63) is 122 Å². The largest absolute Gasteiger partial charge is 0.394 e. The van der Waals surface area contributed by atoms with Gasteiger partial charge in [0.25, 0.3) is 0 Å². The smallest absolute Gasteiger partial charge is 0.220 e. The molecule has 3 heterocycles. The van der Waals surface area contributed by atoms with Gasteiger partial charge in [0.05, 0.1) is 38.6 Å². The number of unbranched alkanes of at least 4 members (excludes halogenated alkanes) is 20. The van der Waals surface area contributed by atoms with E-state index in [1.54, 1.807) is 6.08 Å². The number of ether oxygens (including phenoxy) is 6. The fourth-order valence-corrected chi connectivity index (χ4v) is 11.4. The first-order valence-electron chi connectivity index (χ1n) is 36.3. The quantitative estimate of drug-likeness (QED) is 0.0199. The van der Waals surface area contributed by atoms with Crippen LogP contribution in [0.4, 0.5) is 0 Å². The Morgan fingerprint density at radius 2 is 0.726 bits per heavy atom. The minimum Gasteiger partial charge on any atom is -0.394 e. The number of hydrogen-bond donors (Lipinski definition) is 12. The molecular formula is C76H127NO18. The summed E-state index contributed by atoms with van der Waals surface area (Å²) in [6.07, 6.45) is 50.5. The molecule has 0 bridgehead atoms. The highest BCUT2D eigenvalue weighted by Gasteiger charge is 2.53. The first kappa shape index (κ1) is 85.4. The molecule has 0 aliphatic carbocycles. The molecule has 1 amide bonds. The summed E-state index contributed by atoms with van der Waals surface area (Å²) >= 11 is 0. The third-order valence-electron chi connectivity index (χ3n) is 17.3. The molecule has 3 saturated heterocycles. The number of aliphatic hydroxyl groups is 11. The molecule has 3 fully saturated rings. The summed E-state index contributed by atoms with van der Waals surface area (Å²) in [4.78, 5) is 13.4. The zero-order valence-corrected chi connectivity index (χ0v) is 57.6. The van der Waals surface area contributed by atoms with Crippen molar-refractivity contribution >= 4 is 5.91 Å². The van der Waals surface area contributed by atoms with Crippen molar-refractivity contribution in [2.45, 2.75) is 324 Å². The number of nitrogens with one attached hydrogen (secondary N) is 1. The number of carbonyl (C=O) groups excluding carboxylic acids is 1. The van der Waals surface area contributed by atoms with Crippen LogP contribution in [0.25, 0.3) is 0 Å². The standard InChI is InChI=1S/C76H127NO18/c1-3-5-7-9-11-13-15-16-17-18-19-20-21-22-23-24-25-26-27-28-29-30-31-32-33-34-35-36-37-38-39-40-41-42-44-46-48-50-52-54-64(82)77-59(60(81)53-51-49-47-45-43-14-12-10-8-6-4-2)58-90-74-70(88)67(85)72(62(56-79)92-74)95-76-71(89)68(86)73(63(57-80)93-76)94-75-69(87)66(84)65(83)61(55-78)91-75/h5,7,11,13,16-17,19-20,22-23,25-26,28-29,31-32,34-35,51,53,59-63,65-76,78-81,83-89H,3-4,6,8-10,12,14-15,18,21,24,27,30,33,36-50,52,54-58H2,1-2H3,(H,77,82)/b7-5-,13-11-,17-16-,20-19-,23-22-,26-25-,29-28-,32-31-,35-34-,53-51+. The van der Waals surface area contributed by atoms with Gasteiger partial charge in [-0.05, 0) is 89.9 Å². The van der Waals surface area contributed by atoms with E-state index in [1.807, 2.05) is 6.08 Å². The van der Waals surface area contributed by atoms with Crippen molar-refractivity contribution in [1.29, 1.82) is 0 Å². The Labute approximate surface area is 569 Å².